The van der Waals surface area contributed by atoms with Crippen molar-refractivity contribution in [1.29, 1.82) is 0 Å². The molecule has 1 saturated carbocycles. The zero-order valence-electron chi connectivity index (χ0n) is 19.4. The van der Waals surface area contributed by atoms with Crippen molar-refractivity contribution in [2.45, 2.75) is 133 Å². The molecule has 2 aliphatic carbocycles. The molecule has 186 valence electrons. The Morgan fingerprint density at radius 2 is 1.78 bits per heavy atom. The molecule has 0 aromatic rings. The van der Waals surface area contributed by atoms with Gasteiger partial charge in [-0.1, -0.05) is 25.5 Å². The third-order valence-corrected chi connectivity index (χ3v) is 7.32. The van der Waals surface area contributed by atoms with Crippen LogP contribution >= 0.6 is 0 Å². The average molecular weight is 462 g/mol. The third-order valence-electron chi connectivity index (χ3n) is 7.32. The molecule has 0 bridgehead atoms. The van der Waals surface area contributed by atoms with Crippen LogP contribution in [0.2, 0.25) is 0 Å². The van der Waals surface area contributed by atoms with Crippen molar-refractivity contribution in [3.05, 3.63) is 12.2 Å². The molecule has 1 aliphatic heterocycles. The lowest BCUT2D eigenvalue weighted by Crippen LogP contribution is -2.44. The second-order valence-corrected chi connectivity index (χ2v) is 10.2. The van der Waals surface area contributed by atoms with Gasteiger partial charge in [-0.3, -0.25) is 5.32 Å². The summed E-state index contributed by atoms with van der Waals surface area (Å²) in [6.45, 7) is 2.14. The molecule has 0 spiro atoms. The Kier molecular flexibility index (Phi) is 9.44. The van der Waals surface area contributed by atoms with Gasteiger partial charge in [0, 0.05) is 11.6 Å². The van der Waals surface area contributed by atoms with Crippen LogP contribution in [0.3, 0.4) is 0 Å². The number of halogens is 3. The molecular formula is C24H42F3N3O2. The van der Waals surface area contributed by atoms with Crippen molar-refractivity contribution in [1.82, 2.24) is 5.32 Å². The summed E-state index contributed by atoms with van der Waals surface area (Å²) < 4.78 is 53.4. The predicted octanol–water partition coefficient (Wildman–Crippen LogP) is 4.89. The van der Waals surface area contributed by atoms with Crippen LogP contribution in [0.4, 0.5) is 13.2 Å². The van der Waals surface area contributed by atoms with Crippen molar-refractivity contribution in [3.8, 4) is 0 Å². The monoisotopic (exact) mass is 461 g/mol. The fourth-order valence-electron chi connectivity index (χ4n) is 5.44. The third kappa shape index (κ3) is 7.97. The van der Waals surface area contributed by atoms with Crippen LogP contribution in [0.1, 0.15) is 90.4 Å². The summed E-state index contributed by atoms with van der Waals surface area (Å²) >= 11 is 0. The maximum atomic E-state index is 13.6. The molecule has 3 aliphatic rings. The average Bonchev–Trinajstić information content (AvgIpc) is 3.12. The first-order chi connectivity index (χ1) is 15.2. The van der Waals surface area contributed by atoms with Crippen molar-refractivity contribution < 1.29 is 22.6 Å². The van der Waals surface area contributed by atoms with E-state index in [0.717, 1.165) is 64.2 Å². The molecule has 0 amide bonds. The lowest BCUT2D eigenvalue weighted by molar-refractivity contribution is -0.187. The van der Waals surface area contributed by atoms with Crippen molar-refractivity contribution in [3.63, 3.8) is 0 Å². The number of rotatable bonds is 6. The number of ether oxygens (including phenoxy) is 2. The largest absolute Gasteiger partial charge is 0.391 e. The summed E-state index contributed by atoms with van der Waals surface area (Å²) in [6, 6.07) is 0.0222. The van der Waals surface area contributed by atoms with Crippen LogP contribution in [0.5, 0.6) is 0 Å². The molecule has 5 N–H and O–H groups in total. The van der Waals surface area contributed by atoms with Gasteiger partial charge in [0.25, 0.3) is 0 Å². The molecule has 8 heteroatoms. The fraction of sp³-hybridized carbons (Fsp3) is 0.917. The Labute approximate surface area is 190 Å². The zero-order chi connectivity index (χ0) is 23.2. The van der Waals surface area contributed by atoms with Gasteiger partial charge in [0.15, 0.2) is 0 Å². The number of nitrogens with two attached hydrogens (primary N) is 2. The molecular weight excluding hydrogens is 419 g/mol. The van der Waals surface area contributed by atoms with Crippen molar-refractivity contribution in [2.75, 3.05) is 0 Å². The highest BCUT2D eigenvalue weighted by atomic mass is 19.4. The number of hydrogen-bond donors (Lipinski definition) is 3. The van der Waals surface area contributed by atoms with Crippen molar-refractivity contribution in [2.24, 2.45) is 17.4 Å². The molecule has 0 radical (unpaired) electrons. The van der Waals surface area contributed by atoms with Gasteiger partial charge >= 0.3 is 6.18 Å². The molecule has 0 aromatic carbocycles. The predicted molar refractivity (Wildman–Crippen MR) is 120 cm³/mol. The van der Waals surface area contributed by atoms with Gasteiger partial charge in [-0.25, -0.2) is 0 Å². The minimum absolute atomic E-state index is 0.0222. The van der Waals surface area contributed by atoms with Gasteiger partial charge < -0.3 is 20.9 Å². The van der Waals surface area contributed by atoms with E-state index in [4.69, 9.17) is 20.9 Å². The zero-order valence-corrected chi connectivity index (χ0v) is 19.4. The highest BCUT2D eigenvalue weighted by molar-refractivity contribution is 4.99. The minimum Gasteiger partial charge on any atom is -0.360 e. The van der Waals surface area contributed by atoms with Crippen molar-refractivity contribution >= 4 is 0 Å². The fourth-order valence-corrected chi connectivity index (χ4v) is 5.44. The number of hydrogen-bond acceptors (Lipinski definition) is 5. The van der Waals surface area contributed by atoms with E-state index in [1.165, 1.54) is 0 Å². The van der Waals surface area contributed by atoms with Gasteiger partial charge in [-0.2, -0.15) is 13.2 Å². The van der Waals surface area contributed by atoms with Crippen LogP contribution in [0.25, 0.3) is 0 Å². The topological polar surface area (TPSA) is 82.5 Å². The molecule has 5 nitrogen and oxygen atoms in total. The number of nitrogens with one attached hydrogen (secondary N) is 1. The van der Waals surface area contributed by atoms with E-state index in [1.807, 2.05) is 12.2 Å². The Morgan fingerprint density at radius 3 is 2.53 bits per heavy atom. The van der Waals surface area contributed by atoms with E-state index in [1.54, 1.807) is 0 Å². The number of alkyl halides is 3. The van der Waals surface area contributed by atoms with Gasteiger partial charge in [0.05, 0.1) is 18.1 Å². The van der Waals surface area contributed by atoms with Crippen LogP contribution in [-0.4, -0.2) is 42.4 Å². The quantitative estimate of drug-likeness (QED) is 0.388. The van der Waals surface area contributed by atoms with E-state index in [-0.39, 0.29) is 36.6 Å². The second-order valence-electron chi connectivity index (χ2n) is 10.2. The van der Waals surface area contributed by atoms with Crippen LogP contribution in [-0.2, 0) is 9.47 Å². The van der Waals surface area contributed by atoms with E-state index >= 15 is 0 Å². The van der Waals surface area contributed by atoms with Gasteiger partial charge in [-0.05, 0) is 77.0 Å². The van der Waals surface area contributed by atoms with Crippen LogP contribution in [0.15, 0.2) is 12.2 Å². The van der Waals surface area contributed by atoms with E-state index in [2.05, 4.69) is 12.2 Å². The van der Waals surface area contributed by atoms with E-state index < -0.39 is 24.6 Å². The molecule has 1 heterocycles. The normalized spacial score (nSPS) is 39.8. The minimum atomic E-state index is -4.23. The lowest BCUT2D eigenvalue weighted by atomic mass is 9.87. The Morgan fingerprint density at radius 1 is 0.969 bits per heavy atom. The highest BCUT2D eigenvalue weighted by Gasteiger charge is 2.44. The summed E-state index contributed by atoms with van der Waals surface area (Å²) in [5.74, 6) is -1.38. The molecule has 1 saturated heterocycles. The standard InChI is InChI=1S/C24H42F3N3O2/c1-2-13-23(29)14-4-7-20(12-15-23)32-22-16-17(24(25,26)27)8-11-21(30-22)31-19-6-3-5-18(28)9-10-19/h9-10,17-22,30H,2-8,11-16,28-29H2,1H3. The second kappa shape index (κ2) is 11.6. The van der Waals surface area contributed by atoms with Gasteiger partial charge in [-0.15, -0.1) is 0 Å². The van der Waals surface area contributed by atoms with E-state index in [9.17, 15) is 13.2 Å². The van der Waals surface area contributed by atoms with Gasteiger partial charge in [0.1, 0.15) is 12.5 Å². The Hall–Kier alpha value is -0.670. The molecule has 3 rings (SSSR count). The molecule has 7 atom stereocenters. The summed E-state index contributed by atoms with van der Waals surface area (Å²) in [7, 11) is 0. The molecule has 7 unspecified atom stereocenters. The van der Waals surface area contributed by atoms with Crippen LogP contribution < -0.4 is 16.8 Å². The smallest absolute Gasteiger partial charge is 0.360 e. The molecule has 32 heavy (non-hydrogen) atoms. The van der Waals surface area contributed by atoms with Gasteiger partial charge in [0.2, 0.25) is 0 Å². The summed E-state index contributed by atoms with van der Waals surface area (Å²) in [6.07, 6.45) is 7.70. The Bertz CT molecular complexity index is 604. The summed E-state index contributed by atoms with van der Waals surface area (Å²) in [5.41, 5.74) is 12.4. The maximum absolute atomic E-state index is 13.6. The first kappa shape index (κ1) is 25.9. The molecule has 2 fully saturated rings. The van der Waals surface area contributed by atoms with Crippen LogP contribution in [0, 0.1) is 5.92 Å². The maximum Gasteiger partial charge on any atom is 0.391 e. The Balaban J connectivity index is 1.63. The summed E-state index contributed by atoms with van der Waals surface area (Å²) in [5, 5.41) is 3.27. The lowest BCUT2D eigenvalue weighted by Gasteiger charge is -2.30. The molecule has 0 aromatic heterocycles. The first-order valence-corrected chi connectivity index (χ1v) is 12.5. The highest BCUT2D eigenvalue weighted by Crippen LogP contribution is 2.37. The summed E-state index contributed by atoms with van der Waals surface area (Å²) in [4.78, 5) is 0. The van der Waals surface area contributed by atoms with E-state index in [0.29, 0.717) is 6.42 Å². The first-order valence-electron chi connectivity index (χ1n) is 12.5. The SMILES string of the molecule is CCCC1(N)CCCC(OC2CC(C(F)(F)F)CCC(OC3C=CC(N)CCC3)N2)CC1.